The molecule has 0 spiro atoms. The van der Waals surface area contributed by atoms with Crippen LogP contribution in [0.25, 0.3) is 0 Å². The van der Waals surface area contributed by atoms with E-state index in [2.05, 4.69) is 0 Å². The molecule has 0 aliphatic heterocycles. The van der Waals surface area contributed by atoms with Gasteiger partial charge in [-0.05, 0) is 19.8 Å². The maximum Gasteiger partial charge on any atom is 0.314 e. The van der Waals surface area contributed by atoms with E-state index in [1.165, 1.54) is 12.3 Å². The van der Waals surface area contributed by atoms with Crippen LogP contribution in [0, 0.1) is 11.3 Å². The summed E-state index contributed by atoms with van der Waals surface area (Å²) in [6, 6.07) is 0. The normalized spacial score (nSPS) is 27.3. The van der Waals surface area contributed by atoms with Crippen LogP contribution in [0.4, 0.5) is 0 Å². The number of hydrogen-bond donors (Lipinski definition) is 2. The van der Waals surface area contributed by atoms with Gasteiger partial charge in [-0.25, -0.2) is 0 Å². The lowest BCUT2D eigenvalue weighted by molar-refractivity contribution is -0.160. The van der Waals surface area contributed by atoms with Gasteiger partial charge in [0.25, 0.3) is 0 Å². The summed E-state index contributed by atoms with van der Waals surface area (Å²) in [4.78, 5) is 22.7. The Balaban J connectivity index is 2.89. The highest BCUT2D eigenvalue weighted by Gasteiger charge is 2.48. The van der Waals surface area contributed by atoms with Gasteiger partial charge in [0, 0.05) is 6.42 Å². The SMILES string of the molecule is CC=COCCC1(C(=O)O)C=CCCC1C(=O)O. The van der Waals surface area contributed by atoms with Crippen molar-refractivity contribution in [1.29, 1.82) is 0 Å². The first-order valence-electron chi connectivity index (χ1n) is 5.91. The largest absolute Gasteiger partial charge is 0.501 e. The molecule has 5 nitrogen and oxygen atoms in total. The lowest BCUT2D eigenvalue weighted by Crippen LogP contribution is -2.43. The van der Waals surface area contributed by atoms with Gasteiger partial charge in [-0.1, -0.05) is 18.2 Å². The first kappa shape index (κ1) is 14.3. The van der Waals surface area contributed by atoms with Crippen LogP contribution in [-0.4, -0.2) is 28.8 Å². The summed E-state index contributed by atoms with van der Waals surface area (Å²) in [7, 11) is 0. The Kier molecular flexibility index (Phi) is 4.95. The molecule has 0 saturated carbocycles. The maximum absolute atomic E-state index is 11.5. The number of ether oxygens (including phenoxy) is 1. The third kappa shape index (κ3) is 2.91. The smallest absolute Gasteiger partial charge is 0.314 e. The van der Waals surface area contributed by atoms with Crippen LogP contribution in [-0.2, 0) is 14.3 Å². The minimum atomic E-state index is -1.36. The summed E-state index contributed by atoms with van der Waals surface area (Å²) in [5.74, 6) is -3.06. The fourth-order valence-corrected chi connectivity index (χ4v) is 2.25. The van der Waals surface area contributed by atoms with Crippen molar-refractivity contribution in [1.82, 2.24) is 0 Å². The number of carbonyl (C=O) groups is 2. The Morgan fingerprint density at radius 2 is 2.22 bits per heavy atom. The van der Waals surface area contributed by atoms with E-state index in [0.717, 1.165) is 0 Å². The number of carboxylic acids is 2. The average molecular weight is 254 g/mol. The van der Waals surface area contributed by atoms with Gasteiger partial charge in [-0.15, -0.1) is 0 Å². The van der Waals surface area contributed by atoms with Crippen LogP contribution < -0.4 is 0 Å². The van der Waals surface area contributed by atoms with Crippen molar-refractivity contribution in [3.63, 3.8) is 0 Å². The van der Waals surface area contributed by atoms with Gasteiger partial charge < -0.3 is 14.9 Å². The van der Waals surface area contributed by atoms with E-state index in [4.69, 9.17) is 4.74 Å². The summed E-state index contributed by atoms with van der Waals surface area (Å²) >= 11 is 0. The van der Waals surface area contributed by atoms with Gasteiger partial charge in [-0.2, -0.15) is 0 Å². The van der Waals surface area contributed by atoms with E-state index in [1.54, 1.807) is 19.1 Å². The highest BCUT2D eigenvalue weighted by atomic mass is 16.5. The van der Waals surface area contributed by atoms with Crippen LogP contribution in [0.2, 0.25) is 0 Å². The van der Waals surface area contributed by atoms with Gasteiger partial charge in [-0.3, -0.25) is 9.59 Å². The molecule has 2 N–H and O–H groups in total. The van der Waals surface area contributed by atoms with Gasteiger partial charge in [0.1, 0.15) is 5.41 Å². The molecule has 0 aromatic rings. The number of aliphatic carboxylic acids is 2. The average Bonchev–Trinajstić information content (AvgIpc) is 2.34. The molecule has 1 aliphatic rings. The zero-order valence-corrected chi connectivity index (χ0v) is 10.3. The molecule has 0 saturated heterocycles. The first-order chi connectivity index (χ1) is 8.54. The van der Waals surface area contributed by atoms with Crippen LogP contribution in [0.5, 0.6) is 0 Å². The third-order valence-electron chi connectivity index (χ3n) is 3.22. The number of carboxylic acid groups (broad SMARTS) is 2. The molecular weight excluding hydrogens is 236 g/mol. The highest BCUT2D eigenvalue weighted by molar-refractivity contribution is 5.85. The summed E-state index contributed by atoms with van der Waals surface area (Å²) in [6.07, 6.45) is 7.51. The van der Waals surface area contributed by atoms with Gasteiger partial charge >= 0.3 is 11.9 Å². The topological polar surface area (TPSA) is 83.8 Å². The first-order valence-corrected chi connectivity index (χ1v) is 5.91. The third-order valence-corrected chi connectivity index (χ3v) is 3.22. The standard InChI is InChI=1S/C13H18O5/c1-2-8-18-9-7-13(12(16)17)6-4-3-5-10(13)11(14)15/h2,4,6,8,10H,3,5,7,9H2,1H3,(H,14,15)(H,16,17). The Morgan fingerprint density at radius 1 is 1.50 bits per heavy atom. The van der Waals surface area contributed by atoms with Gasteiger partial charge in [0.15, 0.2) is 0 Å². The minimum Gasteiger partial charge on any atom is -0.501 e. The van der Waals surface area contributed by atoms with Crippen molar-refractivity contribution in [2.45, 2.75) is 26.2 Å². The molecule has 0 amide bonds. The monoisotopic (exact) mass is 254 g/mol. The molecule has 0 heterocycles. The molecule has 0 aromatic carbocycles. The Hall–Kier alpha value is -1.78. The zero-order valence-electron chi connectivity index (χ0n) is 10.3. The number of allylic oxidation sites excluding steroid dienone is 2. The molecule has 0 aromatic heterocycles. The number of rotatable bonds is 6. The van der Waals surface area contributed by atoms with Crippen molar-refractivity contribution in [2.75, 3.05) is 6.61 Å². The van der Waals surface area contributed by atoms with Crippen molar-refractivity contribution >= 4 is 11.9 Å². The molecule has 0 bridgehead atoms. The van der Waals surface area contributed by atoms with Crippen LogP contribution in [0.1, 0.15) is 26.2 Å². The zero-order chi connectivity index (χ0) is 13.6. The highest BCUT2D eigenvalue weighted by Crippen LogP contribution is 2.40. The van der Waals surface area contributed by atoms with Crippen molar-refractivity contribution in [3.05, 3.63) is 24.5 Å². The predicted octanol–water partition coefficient (Wildman–Crippen LogP) is 2.05. The van der Waals surface area contributed by atoms with E-state index >= 15 is 0 Å². The molecule has 1 rings (SSSR count). The Labute approximate surface area is 106 Å². The minimum absolute atomic E-state index is 0.153. The van der Waals surface area contributed by atoms with Crippen molar-refractivity contribution in [3.8, 4) is 0 Å². The molecule has 2 atom stereocenters. The van der Waals surface area contributed by atoms with E-state index in [1.807, 2.05) is 0 Å². The van der Waals surface area contributed by atoms with Crippen LogP contribution in [0.3, 0.4) is 0 Å². The Bertz CT molecular complexity index is 372. The maximum atomic E-state index is 11.5. The van der Waals surface area contributed by atoms with Gasteiger partial charge in [0.2, 0.25) is 0 Å². The molecule has 1 aliphatic carbocycles. The Morgan fingerprint density at radius 3 is 2.78 bits per heavy atom. The molecule has 2 unspecified atom stereocenters. The fraction of sp³-hybridized carbons (Fsp3) is 0.538. The number of hydrogen-bond acceptors (Lipinski definition) is 3. The molecular formula is C13H18O5. The quantitative estimate of drug-likeness (QED) is 0.430. The van der Waals surface area contributed by atoms with Gasteiger partial charge in [0.05, 0.1) is 18.8 Å². The molecule has 0 radical (unpaired) electrons. The van der Waals surface area contributed by atoms with Crippen LogP contribution >= 0.6 is 0 Å². The fourth-order valence-electron chi connectivity index (χ4n) is 2.25. The summed E-state index contributed by atoms with van der Waals surface area (Å²) < 4.78 is 5.12. The lowest BCUT2D eigenvalue weighted by atomic mass is 9.68. The summed E-state index contributed by atoms with van der Waals surface area (Å²) in [6.45, 7) is 1.97. The van der Waals surface area contributed by atoms with E-state index in [9.17, 15) is 19.8 Å². The van der Waals surface area contributed by atoms with Crippen molar-refractivity contribution < 1.29 is 24.5 Å². The molecule has 5 heteroatoms. The summed E-state index contributed by atoms with van der Waals surface area (Å²) in [5, 5.41) is 18.5. The molecule has 100 valence electrons. The summed E-state index contributed by atoms with van der Waals surface area (Å²) in [5.41, 5.74) is -1.36. The second-order valence-electron chi connectivity index (χ2n) is 4.31. The van der Waals surface area contributed by atoms with E-state index in [-0.39, 0.29) is 13.0 Å². The van der Waals surface area contributed by atoms with E-state index in [0.29, 0.717) is 12.8 Å². The van der Waals surface area contributed by atoms with Crippen molar-refractivity contribution in [2.24, 2.45) is 11.3 Å². The van der Waals surface area contributed by atoms with Crippen LogP contribution in [0.15, 0.2) is 24.5 Å². The molecule has 0 fully saturated rings. The van der Waals surface area contributed by atoms with E-state index < -0.39 is 23.3 Å². The second kappa shape index (κ2) is 6.23. The lowest BCUT2D eigenvalue weighted by Gasteiger charge is -2.34. The predicted molar refractivity (Wildman–Crippen MR) is 65.0 cm³/mol. The second-order valence-corrected chi connectivity index (χ2v) is 4.31. The molecule has 18 heavy (non-hydrogen) atoms.